The monoisotopic (exact) mass is 299 g/mol. The first-order chi connectivity index (χ1) is 8.11. The standard InChI is InChI=1S/C12H18BrN3O/c1-3-16-8-10(13)11(14-16)12(17)15-6-4-5-9(2)7-15/h8-9H,3-7H2,1-2H3/t9-/m0/s1. The zero-order valence-corrected chi connectivity index (χ0v) is 11.9. The van der Waals surface area contributed by atoms with Crippen molar-refractivity contribution < 1.29 is 4.79 Å². The van der Waals surface area contributed by atoms with Gasteiger partial charge in [0.1, 0.15) is 0 Å². The number of aryl methyl sites for hydroxylation is 1. The lowest BCUT2D eigenvalue weighted by molar-refractivity contribution is 0.0675. The Morgan fingerprint density at radius 1 is 1.65 bits per heavy atom. The van der Waals surface area contributed by atoms with E-state index in [2.05, 4.69) is 28.0 Å². The van der Waals surface area contributed by atoms with Gasteiger partial charge in [-0.05, 0) is 41.6 Å². The van der Waals surface area contributed by atoms with Gasteiger partial charge >= 0.3 is 0 Å². The lowest BCUT2D eigenvalue weighted by Gasteiger charge is -2.30. The van der Waals surface area contributed by atoms with Crippen LogP contribution < -0.4 is 0 Å². The van der Waals surface area contributed by atoms with Gasteiger partial charge in [0.2, 0.25) is 0 Å². The van der Waals surface area contributed by atoms with Crippen LogP contribution in [0.15, 0.2) is 10.7 Å². The Morgan fingerprint density at radius 3 is 3.00 bits per heavy atom. The molecule has 1 aromatic heterocycles. The van der Waals surface area contributed by atoms with Crippen LogP contribution in [-0.4, -0.2) is 33.7 Å². The average Bonchev–Trinajstić information content (AvgIpc) is 2.69. The summed E-state index contributed by atoms with van der Waals surface area (Å²) in [6, 6.07) is 0. The lowest BCUT2D eigenvalue weighted by atomic mass is 10.0. The summed E-state index contributed by atoms with van der Waals surface area (Å²) < 4.78 is 2.58. The first-order valence-electron chi connectivity index (χ1n) is 6.14. The number of hydrogen-bond acceptors (Lipinski definition) is 2. The maximum atomic E-state index is 12.3. The number of carbonyl (C=O) groups excluding carboxylic acids is 1. The summed E-state index contributed by atoms with van der Waals surface area (Å²) in [4.78, 5) is 14.2. The highest BCUT2D eigenvalue weighted by Crippen LogP contribution is 2.21. The molecule has 2 heterocycles. The molecule has 2 rings (SSSR count). The number of likely N-dealkylation sites (tertiary alicyclic amines) is 1. The van der Waals surface area contributed by atoms with Crippen molar-refractivity contribution in [3.05, 3.63) is 16.4 Å². The number of piperidine rings is 1. The molecule has 1 amide bonds. The first-order valence-corrected chi connectivity index (χ1v) is 6.93. The van der Waals surface area contributed by atoms with Crippen LogP contribution in [0.2, 0.25) is 0 Å². The molecule has 0 N–H and O–H groups in total. The van der Waals surface area contributed by atoms with Gasteiger partial charge < -0.3 is 4.90 Å². The molecule has 5 heteroatoms. The van der Waals surface area contributed by atoms with Crippen molar-refractivity contribution in [1.82, 2.24) is 14.7 Å². The van der Waals surface area contributed by atoms with Crippen LogP contribution in [0.1, 0.15) is 37.2 Å². The van der Waals surface area contributed by atoms with Gasteiger partial charge in [0.15, 0.2) is 5.69 Å². The van der Waals surface area contributed by atoms with E-state index in [1.165, 1.54) is 6.42 Å². The van der Waals surface area contributed by atoms with Gasteiger partial charge in [0, 0.05) is 25.8 Å². The number of rotatable bonds is 2. The molecule has 0 unspecified atom stereocenters. The molecule has 17 heavy (non-hydrogen) atoms. The van der Waals surface area contributed by atoms with Crippen molar-refractivity contribution in [3.63, 3.8) is 0 Å². The molecular formula is C12H18BrN3O. The zero-order valence-electron chi connectivity index (χ0n) is 10.3. The second kappa shape index (κ2) is 5.21. The highest BCUT2D eigenvalue weighted by atomic mass is 79.9. The summed E-state index contributed by atoms with van der Waals surface area (Å²) in [7, 11) is 0. The van der Waals surface area contributed by atoms with E-state index >= 15 is 0 Å². The molecule has 0 bridgehead atoms. The van der Waals surface area contributed by atoms with Gasteiger partial charge in [-0.1, -0.05) is 6.92 Å². The van der Waals surface area contributed by atoms with Crippen molar-refractivity contribution in [2.75, 3.05) is 13.1 Å². The summed E-state index contributed by atoms with van der Waals surface area (Å²) >= 11 is 3.41. The predicted molar refractivity (Wildman–Crippen MR) is 69.9 cm³/mol. The Labute approximate surface area is 110 Å². The molecule has 1 fully saturated rings. The van der Waals surface area contributed by atoms with E-state index in [4.69, 9.17) is 0 Å². The number of nitrogens with zero attached hydrogens (tertiary/aromatic N) is 3. The minimum atomic E-state index is 0.0515. The number of amides is 1. The van der Waals surface area contributed by atoms with Crippen LogP contribution in [0.4, 0.5) is 0 Å². The fourth-order valence-corrected chi connectivity index (χ4v) is 2.71. The molecule has 94 valence electrons. The van der Waals surface area contributed by atoms with E-state index in [9.17, 15) is 4.79 Å². The summed E-state index contributed by atoms with van der Waals surface area (Å²) in [5, 5.41) is 4.31. The molecule has 0 aromatic carbocycles. The van der Waals surface area contributed by atoms with Gasteiger partial charge in [-0.3, -0.25) is 9.48 Å². The molecule has 0 saturated carbocycles. The third-order valence-electron chi connectivity index (χ3n) is 3.19. The Morgan fingerprint density at radius 2 is 2.41 bits per heavy atom. The minimum absolute atomic E-state index is 0.0515. The van der Waals surface area contributed by atoms with Crippen LogP contribution in [0.5, 0.6) is 0 Å². The molecule has 1 atom stereocenters. The fraction of sp³-hybridized carbons (Fsp3) is 0.667. The summed E-state index contributed by atoms with van der Waals surface area (Å²) in [5.74, 6) is 0.648. The van der Waals surface area contributed by atoms with Crippen LogP contribution >= 0.6 is 15.9 Å². The van der Waals surface area contributed by atoms with E-state index in [0.29, 0.717) is 11.6 Å². The molecule has 1 aromatic rings. The smallest absolute Gasteiger partial charge is 0.275 e. The van der Waals surface area contributed by atoms with Gasteiger partial charge in [0.05, 0.1) is 4.47 Å². The normalized spacial score (nSPS) is 20.6. The van der Waals surface area contributed by atoms with E-state index < -0.39 is 0 Å². The molecule has 4 nitrogen and oxygen atoms in total. The van der Waals surface area contributed by atoms with Crippen molar-refractivity contribution in [3.8, 4) is 0 Å². The Kier molecular flexibility index (Phi) is 3.86. The zero-order chi connectivity index (χ0) is 12.4. The van der Waals surface area contributed by atoms with Crippen molar-refractivity contribution in [1.29, 1.82) is 0 Å². The maximum Gasteiger partial charge on any atom is 0.275 e. The molecule has 1 aliphatic rings. The first kappa shape index (κ1) is 12.6. The highest BCUT2D eigenvalue weighted by molar-refractivity contribution is 9.10. The molecule has 0 spiro atoms. The van der Waals surface area contributed by atoms with E-state index in [-0.39, 0.29) is 5.91 Å². The summed E-state index contributed by atoms with van der Waals surface area (Å²) in [6.45, 7) is 6.69. The average molecular weight is 300 g/mol. The van der Waals surface area contributed by atoms with Gasteiger partial charge in [0.25, 0.3) is 5.91 Å². The largest absolute Gasteiger partial charge is 0.337 e. The number of aromatic nitrogens is 2. The van der Waals surface area contributed by atoms with E-state index in [1.807, 2.05) is 18.0 Å². The van der Waals surface area contributed by atoms with Gasteiger partial charge in [-0.2, -0.15) is 5.10 Å². The van der Waals surface area contributed by atoms with Crippen molar-refractivity contribution in [2.45, 2.75) is 33.2 Å². The number of carbonyl (C=O) groups is 1. The quantitative estimate of drug-likeness (QED) is 0.842. The van der Waals surface area contributed by atoms with Gasteiger partial charge in [-0.15, -0.1) is 0 Å². The second-order valence-corrected chi connectivity index (χ2v) is 5.53. The molecule has 1 aliphatic heterocycles. The number of hydrogen-bond donors (Lipinski definition) is 0. The predicted octanol–water partition coefficient (Wildman–Crippen LogP) is 2.54. The fourth-order valence-electron chi connectivity index (χ4n) is 2.23. The summed E-state index contributed by atoms with van der Waals surface area (Å²) in [5.41, 5.74) is 0.543. The van der Waals surface area contributed by atoms with Crippen LogP contribution in [0.3, 0.4) is 0 Å². The Bertz CT molecular complexity index is 416. The molecule has 1 saturated heterocycles. The number of halogens is 1. The van der Waals surface area contributed by atoms with Crippen molar-refractivity contribution >= 4 is 21.8 Å². The SMILES string of the molecule is CCn1cc(Br)c(C(=O)N2CCC[C@H](C)C2)n1. The highest BCUT2D eigenvalue weighted by Gasteiger charge is 2.25. The lowest BCUT2D eigenvalue weighted by Crippen LogP contribution is -2.39. The molecule has 0 radical (unpaired) electrons. The third-order valence-corrected chi connectivity index (χ3v) is 3.77. The van der Waals surface area contributed by atoms with Crippen LogP contribution in [0, 0.1) is 5.92 Å². The third kappa shape index (κ3) is 2.70. The van der Waals surface area contributed by atoms with Crippen LogP contribution in [0.25, 0.3) is 0 Å². The maximum absolute atomic E-state index is 12.3. The van der Waals surface area contributed by atoms with Gasteiger partial charge in [-0.25, -0.2) is 0 Å². The van der Waals surface area contributed by atoms with Crippen molar-refractivity contribution in [2.24, 2.45) is 5.92 Å². The van der Waals surface area contributed by atoms with E-state index in [1.54, 1.807) is 4.68 Å². The molecule has 0 aliphatic carbocycles. The van der Waals surface area contributed by atoms with Crippen LogP contribution in [-0.2, 0) is 6.54 Å². The second-order valence-electron chi connectivity index (χ2n) is 4.68. The Hall–Kier alpha value is -0.840. The summed E-state index contributed by atoms with van der Waals surface area (Å²) in [6.07, 6.45) is 4.17. The Balaban J connectivity index is 2.15. The topological polar surface area (TPSA) is 38.1 Å². The van der Waals surface area contributed by atoms with E-state index in [0.717, 1.165) is 30.5 Å². The molecular weight excluding hydrogens is 282 g/mol. The minimum Gasteiger partial charge on any atom is -0.337 e.